The van der Waals surface area contributed by atoms with Gasteiger partial charge in [0, 0.05) is 6.54 Å². The van der Waals surface area contributed by atoms with Crippen LogP contribution in [0.25, 0.3) is 0 Å². The molecule has 0 unspecified atom stereocenters. The molecule has 13 heavy (non-hydrogen) atoms. The molecule has 0 aromatic heterocycles. The third-order valence-corrected chi connectivity index (χ3v) is 2.04. The van der Waals surface area contributed by atoms with Gasteiger partial charge in [0.15, 0.2) is 0 Å². The largest absolute Gasteiger partial charge is 0.336 e. The highest BCUT2D eigenvalue weighted by Crippen LogP contribution is 2.15. The molecule has 2 amide bonds. The molecule has 0 saturated carbocycles. The van der Waals surface area contributed by atoms with Crippen LogP contribution in [-0.4, -0.2) is 12.6 Å². The maximum Gasteiger partial charge on any atom is 0.315 e. The second-order valence-corrected chi connectivity index (χ2v) is 2.96. The normalized spacial score (nSPS) is 21.0. The zero-order valence-corrected chi connectivity index (χ0v) is 6.88. The maximum absolute atomic E-state index is 12.5. The molecule has 1 saturated heterocycles. The number of benzene rings is 1. The van der Waals surface area contributed by atoms with E-state index >= 15 is 0 Å². The zero-order valence-electron chi connectivity index (χ0n) is 6.88. The first-order chi connectivity index (χ1) is 6.25. The van der Waals surface area contributed by atoms with Gasteiger partial charge < -0.3 is 10.6 Å². The molecule has 4 heteroatoms. The first-order valence-corrected chi connectivity index (χ1v) is 4.05. The molecule has 2 N–H and O–H groups in total. The van der Waals surface area contributed by atoms with Crippen molar-refractivity contribution in [2.45, 2.75) is 6.04 Å². The van der Waals surface area contributed by atoms with Crippen LogP contribution < -0.4 is 10.6 Å². The monoisotopic (exact) mass is 180 g/mol. The molecule has 1 aromatic rings. The topological polar surface area (TPSA) is 41.1 Å². The molecule has 1 atom stereocenters. The van der Waals surface area contributed by atoms with Crippen molar-refractivity contribution in [3.8, 4) is 0 Å². The maximum atomic E-state index is 12.5. The van der Waals surface area contributed by atoms with Crippen LogP contribution in [0, 0.1) is 5.82 Å². The average molecular weight is 180 g/mol. The Hall–Kier alpha value is -1.58. The van der Waals surface area contributed by atoms with Crippen LogP contribution in [0.1, 0.15) is 11.6 Å². The van der Waals surface area contributed by atoms with Gasteiger partial charge in [-0.25, -0.2) is 9.18 Å². The summed E-state index contributed by atoms with van der Waals surface area (Å²) in [6.45, 7) is 0.560. The fourth-order valence-corrected chi connectivity index (χ4v) is 1.35. The van der Waals surface area contributed by atoms with E-state index in [1.54, 1.807) is 12.1 Å². The molecule has 0 spiro atoms. The minimum atomic E-state index is -0.263. The Labute approximate surface area is 74.9 Å². The van der Waals surface area contributed by atoms with Gasteiger partial charge >= 0.3 is 6.03 Å². The van der Waals surface area contributed by atoms with Gasteiger partial charge in [-0.2, -0.15) is 0 Å². The van der Waals surface area contributed by atoms with Gasteiger partial charge in [-0.1, -0.05) is 12.1 Å². The minimum Gasteiger partial charge on any atom is -0.336 e. The highest BCUT2D eigenvalue weighted by molar-refractivity contribution is 5.76. The summed E-state index contributed by atoms with van der Waals surface area (Å²) in [6.07, 6.45) is 0. The lowest BCUT2D eigenvalue weighted by molar-refractivity contribution is 0.247. The molecule has 68 valence electrons. The van der Waals surface area contributed by atoms with Crippen LogP contribution in [0.5, 0.6) is 0 Å². The van der Waals surface area contributed by atoms with E-state index in [0.717, 1.165) is 5.56 Å². The lowest BCUT2D eigenvalue weighted by Gasteiger charge is -2.07. The van der Waals surface area contributed by atoms with E-state index in [1.807, 2.05) is 0 Å². The van der Waals surface area contributed by atoms with Crippen LogP contribution in [0.4, 0.5) is 9.18 Å². The highest BCUT2D eigenvalue weighted by atomic mass is 19.1. The Morgan fingerprint density at radius 1 is 1.31 bits per heavy atom. The van der Waals surface area contributed by atoms with Crippen molar-refractivity contribution in [1.82, 2.24) is 10.6 Å². The smallest absolute Gasteiger partial charge is 0.315 e. The van der Waals surface area contributed by atoms with E-state index < -0.39 is 0 Å². The summed E-state index contributed by atoms with van der Waals surface area (Å²) in [5.41, 5.74) is 0.916. The summed E-state index contributed by atoms with van der Waals surface area (Å²) in [4.78, 5) is 10.8. The van der Waals surface area contributed by atoms with Crippen LogP contribution >= 0.6 is 0 Å². The number of hydrogen-bond donors (Lipinski definition) is 2. The summed E-state index contributed by atoms with van der Waals surface area (Å²) in [5.74, 6) is -0.263. The van der Waals surface area contributed by atoms with Crippen molar-refractivity contribution >= 4 is 6.03 Å². The molecule has 0 aliphatic carbocycles. The lowest BCUT2D eigenvalue weighted by atomic mass is 10.1. The number of carbonyl (C=O) groups excluding carboxylic acids is 1. The molecular weight excluding hydrogens is 171 g/mol. The molecular formula is C9H9FN2O. The van der Waals surface area contributed by atoms with E-state index in [-0.39, 0.29) is 17.9 Å². The molecule has 0 bridgehead atoms. The summed E-state index contributed by atoms with van der Waals surface area (Å²) >= 11 is 0. The molecule has 0 radical (unpaired) electrons. The Kier molecular flexibility index (Phi) is 1.88. The fraction of sp³-hybridized carbons (Fsp3) is 0.222. The Balaban J connectivity index is 2.17. The SMILES string of the molecule is O=C1NC[C@H](c2ccc(F)cc2)N1. The van der Waals surface area contributed by atoms with Gasteiger partial charge in [0.25, 0.3) is 0 Å². The number of nitrogens with one attached hydrogen (secondary N) is 2. The standard InChI is InChI=1S/C9H9FN2O/c10-7-3-1-6(2-4-7)8-5-11-9(13)12-8/h1-4,8H,5H2,(H2,11,12,13)/t8-/m1/s1. The predicted octanol–water partition coefficient (Wildman–Crippen LogP) is 1.18. The summed E-state index contributed by atoms with van der Waals surface area (Å²) < 4.78 is 12.5. The van der Waals surface area contributed by atoms with Gasteiger partial charge in [0.05, 0.1) is 6.04 Å². The minimum absolute atomic E-state index is 0.0342. The number of carbonyl (C=O) groups is 1. The fourth-order valence-electron chi connectivity index (χ4n) is 1.35. The summed E-state index contributed by atoms with van der Waals surface area (Å²) in [6, 6.07) is 5.92. The second kappa shape index (κ2) is 3.05. The number of amides is 2. The number of halogens is 1. The average Bonchev–Trinajstić information content (AvgIpc) is 2.53. The first-order valence-electron chi connectivity index (χ1n) is 4.05. The van der Waals surface area contributed by atoms with Crippen molar-refractivity contribution < 1.29 is 9.18 Å². The molecule has 3 nitrogen and oxygen atoms in total. The number of hydrogen-bond acceptors (Lipinski definition) is 1. The lowest BCUT2D eigenvalue weighted by Crippen LogP contribution is -2.21. The number of urea groups is 1. The first kappa shape index (κ1) is 8.04. The van der Waals surface area contributed by atoms with E-state index in [1.165, 1.54) is 12.1 Å². The molecule has 1 heterocycles. The van der Waals surface area contributed by atoms with E-state index in [2.05, 4.69) is 10.6 Å². The van der Waals surface area contributed by atoms with Crippen molar-refractivity contribution in [3.05, 3.63) is 35.6 Å². The quantitative estimate of drug-likeness (QED) is 0.669. The van der Waals surface area contributed by atoms with Gasteiger partial charge in [-0.05, 0) is 17.7 Å². The zero-order chi connectivity index (χ0) is 9.26. The van der Waals surface area contributed by atoms with E-state index in [0.29, 0.717) is 6.54 Å². The van der Waals surface area contributed by atoms with Gasteiger partial charge in [0.2, 0.25) is 0 Å². The molecule has 1 aromatic carbocycles. The van der Waals surface area contributed by atoms with E-state index in [9.17, 15) is 9.18 Å². The van der Waals surface area contributed by atoms with Crippen LogP contribution in [0.2, 0.25) is 0 Å². The van der Waals surface area contributed by atoms with Gasteiger partial charge in [-0.15, -0.1) is 0 Å². The second-order valence-electron chi connectivity index (χ2n) is 2.96. The molecule has 1 fully saturated rings. The van der Waals surface area contributed by atoms with Crippen molar-refractivity contribution in [2.24, 2.45) is 0 Å². The van der Waals surface area contributed by atoms with Crippen molar-refractivity contribution in [1.29, 1.82) is 0 Å². The van der Waals surface area contributed by atoms with Crippen LogP contribution in [0.3, 0.4) is 0 Å². The van der Waals surface area contributed by atoms with Gasteiger partial charge in [0.1, 0.15) is 5.82 Å². The summed E-state index contributed by atoms with van der Waals surface area (Å²) in [7, 11) is 0. The van der Waals surface area contributed by atoms with E-state index in [4.69, 9.17) is 0 Å². The van der Waals surface area contributed by atoms with Crippen LogP contribution in [0.15, 0.2) is 24.3 Å². The van der Waals surface area contributed by atoms with Crippen LogP contribution in [-0.2, 0) is 0 Å². The Morgan fingerprint density at radius 3 is 2.54 bits per heavy atom. The van der Waals surface area contributed by atoms with Gasteiger partial charge in [-0.3, -0.25) is 0 Å². The Morgan fingerprint density at radius 2 is 2.00 bits per heavy atom. The molecule has 1 aliphatic heterocycles. The molecule has 2 rings (SSSR count). The third kappa shape index (κ3) is 1.61. The van der Waals surface area contributed by atoms with Crippen molar-refractivity contribution in [3.63, 3.8) is 0 Å². The number of rotatable bonds is 1. The molecule has 1 aliphatic rings. The third-order valence-electron chi connectivity index (χ3n) is 2.04. The Bertz CT molecular complexity index is 323. The summed E-state index contributed by atoms with van der Waals surface area (Å²) in [5, 5.41) is 5.36. The predicted molar refractivity (Wildman–Crippen MR) is 45.7 cm³/mol. The highest BCUT2D eigenvalue weighted by Gasteiger charge is 2.20. The van der Waals surface area contributed by atoms with Crippen molar-refractivity contribution in [2.75, 3.05) is 6.54 Å².